The first-order chi connectivity index (χ1) is 11.2. The van der Waals surface area contributed by atoms with Crippen LogP contribution in [0.2, 0.25) is 0 Å². The Bertz CT molecular complexity index is 743. The van der Waals surface area contributed by atoms with E-state index in [9.17, 15) is 13.2 Å². The highest BCUT2D eigenvalue weighted by Crippen LogP contribution is 2.35. The lowest BCUT2D eigenvalue weighted by molar-refractivity contribution is -0.137. The predicted molar refractivity (Wildman–Crippen MR) is 84.3 cm³/mol. The second kappa shape index (κ2) is 6.93. The molecule has 0 spiro atoms. The van der Waals surface area contributed by atoms with E-state index in [1.807, 2.05) is 31.3 Å². The number of benzene rings is 1. The Labute approximate surface area is 138 Å². The van der Waals surface area contributed by atoms with Gasteiger partial charge >= 0.3 is 6.18 Å². The number of aromatic nitrogens is 2. The number of hydrogen-bond donors (Lipinski definition) is 1. The van der Waals surface area contributed by atoms with Crippen LogP contribution < -0.4 is 5.32 Å². The van der Waals surface area contributed by atoms with Crippen molar-refractivity contribution in [3.63, 3.8) is 0 Å². The highest BCUT2D eigenvalue weighted by molar-refractivity contribution is 5.57. The summed E-state index contributed by atoms with van der Waals surface area (Å²) in [7, 11) is 5.47. The van der Waals surface area contributed by atoms with Crippen molar-refractivity contribution in [2.75, 3.05) is 26.0 Å². The summed E-state index contributed by atoms with van der Waals surface area (Å²) in [5, 5.41) is 15.9. The second-order valence-corrected chi connectivity index (χ2v) is 5.68. The summed E-state index contributed by atoms with van der Waals surface area (Å²) in [6.07, 6.45) is -0.982. The molecule has 1 aromatic heterocycles. The molecule has 0 fully saturated rings. The van der Waals surface area contributed by atoms with Crippen LogP contribution in [0.4, 0.5) is 18.9 Å². The number of anilines is 1. The zero-order valence-corrected chi connectivity index (χ0v) is 13.6. The Kier molecular flexibility index (Phi) is 5.14. The van der Waals surface area contributed by atoms with Crippen LogP contribution in [0.1, 0.15) is 22.7 Å². The first-order valence-electron chi connectivity index (χ1n) is 7.22. The van der Waals surface area contributed by atoms with E-state index in [0.29, 0.717) is 0 Å². The highest BCUT2D eigenvalue weighted by atomic mass is 19.4. The molecular weight excluding hydrogens is 319 g/mol. The van der Waals surface area contributed by atoms with Crippen molar-refractivity contribution in [1.82, 2.24) is 14.7 Å². The van der Waals surface area contributed by atoms with Gasteiger partial charge in [0.2, 0.25) is 0 Å². The van der Waals surface area contributed by atoms with Gasteiger partial charge in [-0.05, 0) is 32.3 Å². The Morgan fingerprint density at radius 1 is 1.38 bits per heavy atom. The standard InChI is InChI=1S/C16H18F3N5/c1-23(2)15(12-8-22-24(3)10-12)9-21-14-6-11(7-20)4-5-13(14)16(17,18)19/h4-6,8,10,15,21H,9H2,1-3H3/t15-/m0/s1. The molecule has 5 nitrogen and oxygen atoms in total. The average Bonchev–Trinajstić information content (AvgIpc) is 2.92. The molecule has 8 heteroatoms. The van der Waals surface area contributed by atoms with Crippen molar-refractivity contribution >= 4 is 5.69 Å². The second-order valence-electron chi connectivity index (χ2n) is 5.68. The average molecular weight is 337 g/mol. The topological polar surface area (TPSA) is 56.9 Å². The van der Waals surface area contributed by atoms with Crippen LogP contribution >= 0.6 is 0 Å². The van der Waals surface area contributed by atoms with E-state index >= 15 is 0 Å². The molecule has 0 aliphatic rings. The van der Waals surface area contributed by atoms with Crippen molar-refractivity contribution in [2.24, 2.45) is 7.05 Å². The number of halogens is 3. The van der Waals surface area contributed by atoms with Crippen LogP contribution in [0.5, 0.6) is 0 Å². The number of likely N-dealkylation sites (N-methyl/N-ethyl adjacent to an activating group) is 1. The Balaban J connectivity index is 2.27. The van der Waals surface area contributed by atoms with Crippen LogP contribution in [-0.2, 0) is 13.2 Å². The minimum atomic E-state index is -4.49. The van der Waals surface area contributed by atoms with E-state index < -0.39 is 11.7 Å². The van der Waals surface area contributed by atoms with Crippen molar-refractivity contribution in [1.29, 1.82) is 5.26 Å². The van der Waals surface area contributed by atoms with E-state index in [1.165, 1.54) is 12.1 Å². The highest BCUT2D eigenvalue weighted by Gasteiger charge is 2.33. The molecule has 0 saturated carbocycles. The molecule has 1 atom stereocenters. The third-order valence-corrected chi connectivity index (χ3v) is 3.67. The summed E-state index contributed by atoms with van der Waals surface area (Å²) in [4.78, 5) is 1.89. The monoisotopic (exact) mass is 337 g/mol. The van der Waals surface area contributed by atoms with Crippen molar-refractivity contribution in [3.05, 3.63) is 47.3 Å². The lowest BCUT2D eigenvalue weighted by Crippen LogP contribution is -2.27. The summed E-state index contributed by atoms with van der Waals surface area (Å²) in [6.45, 7) is 0.247. The van der Waals surface area contributed by atoms with Gasteiger partial charge in [0.1, 0.15) is 0 Å². The van der Waals surface area contributed by atoms with Gasteiger partial charge in [-0.1, -0.05) is 0 Å². The molecule has 0 saturated heterocycles. The molecule has 128 valence electrons. The molecule has 0 aliphatic heterocycles. The van der Waals surface area contributed by atoms with E-state index in [-0.39, 0.29) is 23.8 Å². The fourth-order valence-electron chi connectivity index (χ4n) is 2.42. The van der Waals surface area contributed by atoms with Crippen molar-refractivity contribution in [2.45, 2.75) is 12.2 Å². The largest absolute Gasteiger partial charge is 0.418 e. The Morgan fingerprint density at radius 3 is 2.58 bits per heavy atom. The smallest absolute Gasteiger partial charge is 0.383 e. The quantitative estimate of drug-likeness (QED) is 0.911. The minimum Gasteiger partial charge on any atom is -0.383 e. The zero-order chi connectivity index (χ0) is 17.9. The fraction of sp³-hybridized carbons (Fsp3) is 0.375. The molecule has 1 aromatic carbocycles. The van der Waals surface area contributed by atoms with E-state index in [0.717, 1.165) is 11.6 Å². The van der Waals surface area contributed by atoms with Gasteiger partial charge in [0.25, 0.3) is 0 Å². The molecule has 1 heterocycles. The van der Waals surface area contributed by atoms with E-state index in [2.05, 4.69) is 10.4 Å². The number of alkyl halides is 3. The maximum atomic E-state index is 13.1. The van der Waals surface area contributed by atoms with Gasteiger partial charge in [0.15, 0.2) is 0 Å². The van der Waals surface area contributed by atoms with Gasteiger partial charge in [0, 0.05) is 31.0 Å². The number of hydrogen-bond acceptors (Lipinski definition) is 4. The number of nitrogens with one attached hydrogen (secondary N) is 1. The third kappa shape index (κ3) is 4.06. The SMILES string of the molecule is CN(C)[C@@H](CNc1cc(C#N)ccc1C(F)(F)F)c1cnn(C)c1. The Hall–Kier alpha value is -2.53. The van der Waals surface area contributed by atoms with Gasteiger partial charge in [-0.2, -0.15) is 23.5 Å². The molecule has 1 N–H and O–H groups in total. The summed E-state index contributed by atoms with van der Waals surface area (Å²) in [5.74, 6) is 0. The summed E-state index contributed by atoms with van der Waals surface area (Å²) in [6, 6.07) is 5.01. The van der Waals surface area contributed by atoms with E-state index in [1.54, 1.807) is 17.9 Å². The normalized spacial score (nSPS) is 12.9. The molecule has 0 bridgehead atoms. The molecule has 0 aliphatic carbocycles. The minimum absolute atomic E-state index is 0.0997. The van der Waals surface area contributed by atoms with E-state index in [4.69, 9.17) is 5.26 Å². The lowest BCUT2D eigenvalue weighted by Gasteiger charge is -2.25. The molecule has 0 radical (unpaired) electrons. The number of nitrogens with zero attached hydrogens (tertiary/aromatic N) is 4. The summed E-state index contributed by atoms with van der Waals surface area (Å²) in [5.41, 5.74) is 0.177. The molecule has 0 amide bonds. The molecular formula is C16H18F3N5. The number of rotatable bonds is 5. The zero-order valence-electron chi connectivity index (χ0n) is 13.6. The van der Waals surface area contributed by atoms with Crippen LogP contribution in [-0.4, -0.2) is 35.3 Å². The fourth-order valence-corrected chi connectivity index (χ4v) is 2.42. The van der Waals surface area contributed by atoms with Gasteiger partial charge in [-0.3, -0.25) is 4.68 Å². The molecule has 24 heavy (non-hydrogen) atoms. The third-order valence-electron chi connectivity index (χ3n) is 3.67. The first kappa shape index (κ1) is 17.8. The van der Waals surface area contributed by atoms with Gasteiger partial charge in [-0.15, -0.1) is 0 Å². The molecule has 2 aromatic rings. The van der Waals surface area contributed by atoms with Gasteiger partial charge < -0.3 is 10.2 Å². The number of nitriles is 1. The maximum absolute atomic E-state index is 13.1. The molecule has 0 unspecified atom stereocenters. The van der Waals surface area contributed by atoms with Crippen LogP contribution in [0.25, 0.3) is 0 Å². The van der Waals surface area contributed by atoms with Gasteiger partial charge in [0.05, 0.1) is 29.4 Å². The maximum Gasteiger partial charge on any atom is 0.418 e. The predicted octanol–water partition coefficient (Wildman–Crippen LogP) is 3.03. The van der Waals surface area contributed by atoms with Crippen molar-refractivity contribution in [3.8, 4) is 6.07 Å². The lowest BCUT2D eigenvalue weighted by atomic mass is 10.1. The van der Waals surface area contributed by atoms with Crippen molar-refractivity contribution < 1.29 is 13.2 Å². The molecule has 2 rings (SSSR count). The summed E-state index contributed by atoms with van der Waals surface area (Å²) < 4.78 is 41.1. The van der Waals surface area contributed by atoms with Gasteiger partial charge in [-0.25, -0.2) is 0 Å². The summed E-state index contributed by atoms with van der Waals surface area (Å²) >= 11 is 0. The number of aryl methyl sites for hydroxylation is 1. The Morgan fingerprint density at radius 2 is 2.08 bits per heavy atom. The first-order valence-corrected chi connectivity index (χ1v) is 7.22. The van der Waals surface area contributed by atoms with Crippen LogP contribution in [0.15, 0.2) is 30.6 Å². The van der Waals surface area contributed by atoms with Crippen LogP contribution in [0.3, 0.4) is 0 Å². The van der Waals surface area contributed by atoms with Crippen LogP contribution in [0, 0.1) is 11.3 Å².